The molecule has 0 radical (unpaired) electrons. The number of amides is 1. The molecule has 1 saturated heterocycles. The van der Waals surface area contributed by atoms with Crippen LogP contribution in [0.15, 0.2) is 66.7 Å². The highest BCUT2D eigenvalue weighted by Gasteiger charge is 2.28. The molecule has 0 aliphatic carbocycles. The van der Waals surface area contributed by atoms with Gasteiger partial charge < -0.3 is 15.1 Å². The molecule has 1 fully saturated rings. The lowest BCUT2D eigenvalue weighted by Gasteiger charge is -2.23. The van der Waals surface area contributed by atoms with Gasteiger partial charge in [-0.2, -0.15) is 0 Å². The highest BCUT2D eigenvalue weighted by Crippen LogP contribution is 2.22. The number of hydrogen-bond donors (Lipinski definition) is 2. The Hall–Kier alpha value is -2.92. The molecule has 0 saturated carbocycles. The molecule has 5 heteroatoms. The molecule has 3 rings (SSSR count). The molecule has 1 aliphatic rings. The molecule has 1 aliphatic heterocycles. The van der Waals surface area contributed by atoms with Crippen LogP contribution in [-0.4, -0.2) is 45.7 Å². The predicted octanol–water partition coefficient (Wildman–Crippen LogP) is 4.88. The average molecular weight is 450 g/mol. The van der Waals surface area contributed by atoms with Crippen LogP contribution in [0, 0.1) is 5.92 Å². The minimum Gasteiger partial charge on any atom is -0.478 e. The van der Waals surface area contributed by atoms with Crippen molar-refractivity contribution in [1.29, 1.82) is 0 Å². The van der Waals surface area contributed by atoms with Gasteiger partial charge in [0.05, 0.1) is 17.7 Å². The van der Waals surface area contributed by atoms with Crippen LogP contribution in [-0.2, 0) is 17.6 Å². The van der Waals surface area contributed by atoms with Crippen LogP contribution in [0.25, 0.3) is 0 Å². The highest BCUT2D eigenvalue weighted by atomic mass is 16.4. The van der Waals surface area contributed by atoms with Crippen LogP contribution in [0.3, 0.4) is 0 Å². The third-order valence-electron chi connectivity index (χ3n) is 6.49. The molecule has 2 N–H and O–H groups in total. The Kier molecular flexibility index (Phi) is 9.25. The lowest BCUT2D eigenvalue weighted by atomic mass is 9.95. The number of carboxylic acids is 1. The zero-order chi connectivity index (χ0) is 23.6. The molecule has 0 aromatic heterocycles. The van der Waals surface area contributed by atoms with Crippen molar-refractivity contribution >= 4 is 11.9 Å². The van der Waals surface area contributed by atoms with Crippen molar-refractivity contribution in [3.05, 3.63) is 83.4 Å². The summed E-state index contributed by atoms with van der Waals surface area (Å²) in [5.41, 5.74) is 2.58. The van der Waals surface area contributed by atoms with E-state index in [0.717, 1.165) is 44.1 Å². The molecular formula is C28H35NO4. The third kappa shape index (κ3) is 7.57. The number of rotatable bonds is 12. The van der Waals surface area contributed by atoms with Gasteiger partial charge in [-0.3, -0.25) is 4.79 Å². The Bertz CT molecular complexity index is 940. The van der Waals surface area contributed by atoms with Crippen molar-refractivity contribution in [3.8, 4) is 0 Å². The van der Waals surface area contributed by atoms with E-state index in [1.165, 1.54) is 5.56 Å². The second-order valence-electron chi connectivity index (χ2n) is 9.03. The Morgan fingerprint density at radius 3 is 2.58 bits per heavy atom. The number of aryl methyl sites for hydroxylation is 2. The fourth-order valence-corrected chi connectivity index (χ4v) is 4.44. The van der Waals surface area contributed by atoms with Crippen LogP contribution in [0.1, 0.15) is 60.5 Å². The summed E-state index contributed by atoms with van der Waals surface area (Å²) in [6.07, 6.45) is 9.15. The summed E-state index contributed by atoms with van der Waals surface area (Å²) in [6.45, 7) is 2.71. The SMILES string of the molecule is C[C@@H](CCCc1ccccc1)[C@H](O)C=CC1CCC(=O)N1CCCc1cccc(C(=O)O)c1. The summed E-state index contributed by atoms with van der Waals surface area (Å²) in [4.78, 5) is 25.4. The summed E-state index contributed by atoms with van der Waals surface area (Å²) in [7, 11) is 0. The van der Waals surface area contributed by atoms with Crippen LogP contribution in [0.5, 0.6) is 0 Å². The van der Waals surface area contributed by atoms with Crippen LogP contribution < -0.4 is 0 Å². The van der Waals surface area contributed by atoms with Crippen molar-refractivity contribution in [3.63, 3.8) is 0 Å². The molecule has 2 aromatic rings. The summed E-state index contributed by atoms with van der Waals surface area (Å²) in [5.74, 6) is -0.615. The van der Waals surface area contributed by atoms with E-state index < -0.39 is 12.1 Å². The molecule has 0 spiro atoms. The topological polar surface area (TPSA) is 77.8 Å². The first-order valence-electron chi connectivity index (χ1n) is 12.0. The van der Waals surface area contributed by atoms with Crippen molar-refractivity contribution < 1.29 is 19.8 Å². The average Bonchev–Trinajstić information content (AvgIpc) is 3.17. The van der Waals surface area contributed by atoms with Crippen LogP contribution in [0.4, 0.5) is 0 Å². The maximum atomic E-state index is 12.4. The molecule has 2 aromatic carbocycles. The minimum absolute atomic E-state index is 0.0222. The molecule has 176 valence electrons. The number of aliphatic hydroxyl groups is 1. The Morgan fingerprint density at radius 2 is 1.82 bits per heavy atom. The molecule has 1 heterocycles. The fraction of sp³-hybridized carbons (Fsp3) is 0.429. The van der Waals surface area contributed by atoms with Gasteiger partial charge in [0.15, 0.2) is 0 Å². The maximum Gasteiger partial charge on any atom is 0.335 e. The number of benzene rings is 2. The van der Waals surface area contributed by atoms with Crippen molar-refractivity contribution in [1.82, 2.24) is 4.90 Å². The lowest BCUT2D eigenvalue weighted by Crippen LogP contribution is -2.33. The first-order chi connectivity index (χ1) is 15.9. The number of nitrogens with zero attached hydrogens (tertiary/aromatic N) is 1. The summed E-state index contributed by atoms with van der Waals surface area (Å²) in [5, 5.41) is 19.7. The van der Waals surface area contributed by atoms with Gasteiger partial charge in [-0.1, -0.05) is 61.5 Å². The van der Waals surface area contributed by atoms with Gasteiger partial charge in [-0.05, 0) is 67.7 Å². The molecule has 33 heavy (non-hydrogen) atoms. The van der Waals surface area contributed by atoms with E-state index in [2.05, 4.69) is 31.2 Å². The number of carboxylic acid groups (broad SMARTS) is 1. The minimum atomic E-state index is -0.926. The monoisotopic (exact) mass is 449 g/mol. The molecule has 5 nitrogen and oxygen atoms in total. The lowest BCUT2D eigenvalue weighted by molar-refractivity contribution is -0.128. The third-order valence-corrected chi connectivity index (χ3v) is 6.49. The van der Waals surface area contributed by atoms with E-state index in [-0.39, 0.29) is 23.4 Å². The first kappa shape index (κ1) is 24.7. The Balaban J connectivity index is 1.45. The van der Waals surface area contributed by atoms with Gasteiger partial charge >= 0.3 is 5.97 Å². The summed E-state index contributed by atoms with van der Waals surface area (Å²) >= 11 is 0. The van der Waals surface area contributed by atoms with Gasteiger partial charge in [-0.25, -0.2) is 4.79 Å². The Labute approximate surface area is 196 Å². The molecule has 1 amide bonds. The summed E-state index contributed by atoms with van der Waals surface area (Å²) in [6, 6.07) is 17.4. The van der Waals surface area contributed by atoms with E-state index in [9.17, 15) is 14.7 Å². The second kappa shape index (κ2) is 12.4. The van der Waals surface area contributed by atoms with Crippen LogP contribution >= 0.6 is 0 Å². The van der Waals surface area contributed by atoms with E-state index in [0.29, 0.717) is 13.0 Å². The van der Waals surface area contributed by atoms with Crippen LogP contribution in [0.2, 0.25) is 0 Å². The first-order valence-corrected chi connectivity index (χ1v) is 12.0. The smallest absolute Gasteiger partial charge is 0.335 e. The van der Waals surface area contributed by atoms with Crippen molar-refractivity contribution in [2.24, 2.45) is 5.92 Å². The number of aliphatic hydroxyl groups excluding tert-OH is 1. The standard InChI is InChI=1S/C28H35NO4/c1-21(8-5-11-22-9-3-2-4-10-22)26(30)17-15-25-16-18-27(31)29(25)19-7-13-23-12-6-14-24(20-23)28(32)33/h2-4,6,9-10,12,14-15,17,20-21,25-26,30H,5,7-8,11,13,16,18-19H2,1H3,(H,32,33)/t21-,25?,26+/m0/s1. The van der Waals surface area contributed by atoms with Crippen molar-refractivity contribution in [2.75, 3.05) is 6.54 Å². The highest BCUT2D eigenvalue weighted by molar-refractivity contribution is 5.87. The molecular weight excluding hydrogens is 414 g/mol. The quantitative estimate of drug-likeness (QED) is 0.453. The number of hydrogen-bond acceptors (Lipinski definition) is 3. The fourth-order valence-electron chi connectivity index (χ4n) is 4.44. The summed E-state index contributed by atoms with van der Waals surface area (Å²) < 4.78 is 0. The zero-order valence-electron chi connectivity index (χ0n) is 19.4. The van der Waals surface area contributed by atoms with E-state index >= 15 is 0 Å². The maximum absolute atomic E-state index is 12.4. The Morgan fingerprint density at radius 1 is 1.09 bits per heavy atom. The number of likely N-dealkylation sites (tertiary alicyclic amines) is 1. The number of carbonyl (C=O) groups is 2. The van der Waals surface area contributed by atoms with Crippen molar-refractivity contribution in [2.45, 2.75) is 64.0 Å². The van der Waals surface area contributed by atoms with E-state index in [1.54, 1.807) is 18.2 Å². The van der Waals surface area contributed by atoms with Gasteiger partial charge in [0.2, 0.25) is 5.91 Å². The molecule has 3 atom stereocenters. The normalized spacial score (nSPS) is 18.1. The second-order valence-corrected chi connectivity index (χ2v) is 9.03. The number of aromatic carboxylic acids is 1. The van der Waals surface area contributed by atoms with E-state index in [1.807, 2.05) is 29.2 Å². The van der Waals surface area contributed by atoms with Gasteiger partial charge in [0.25, 0.3) is 0 Å². The number of carbonyl (C=O) groups excluding carboxylic acids is 1. The zero-order valence-corrected chi connectivity index (χ0v) is 19.4. The van der Waals surface area contributed by atoms with Gasteiger partial charge in [0.1, 0.15) is 0 Å². The van der Waals surface area contributed by atoms with Gasteiger partial charge in [0, 0.05) is 13.0 Å². The van der Waals surface area contributed by atoms with Gasteiger partial charge in [-0.15, -0.1) is 0 Å². The predicted molar refractivity (Wildman–Crippen MR) is 130 cm³/mol. The largest absolute Gasteiger partial charge is 0.478 e. The van der Waals surface area contributed by atoms with E-state index in [4.69, 9.17) is 5.11 Å². The molecule has 1 unspecified atom stereocenters. The molecule has 0 bridgehead atoms.